The van der Waals surface area contributed by atoms with Crippen LogP contribution >= 0.6 is 12.2 Å². The topological polar surface area (TPSA) is 124 Å². The molecular formula is C35H32N4O7S. The molecule has 1 fully saturated rings. The van der Waals surface area contributed by atoms with Crippen molar-refractivity contribution >= 4 is 41.3 Å². The van der Waals surface area contributed by atoms with Crippen LogP contribution in [0.15, 0.2) is 85.5 Å². The van der Waals surface area contributed by atoms with E-state index < -0.39 is 42.4 Å². The highest BCUT2D eigenvalue weighted by Crippen LogP contribution is 2.37. The zero-order chi connectivity index (χ0) is 33.2. The summed E-state index contributed by atoms with van der Waals surface area (Å²) in [6.07, 6.45) is -1.51. The minimum atomic E-state index is -1.21. The summed E-state index contributed by atoms with van der Waals surface area (Å²) >= 11 is 5.54. The number of hydrogen-bond acceptors (Lipinski definition) is 10. The first-order chi connectivity index (χ1) is 22.6. The average Bonchev–Trinajstić information content (AvgIpc) is 3.64. The van der Waals surface area contributed by atoms with Crippen molar-refractivity contribution < 1.29 is 33.3 Å². The minimum Gasteiger partial charge on any atom is -0.459 e. The van der Waals surface area contributed by atoms with Crippen LogP contribution in [-0.2, 0) is 26.0 Å². The van der Waals surface area contributed by atoms with Gasteiger partial charge in [-0.25, -0.2) is 24.4 Å². The van der Waals surface area contributed by atoms with E-state index in [1.54, 1.807) is 95.3 Å². The van der Waals surface area contributed by atoms with Gasteiger partial charge in [-0.2, -0.15) is 0 Å². The third-order valence-corrected chi connectivity index (χ3v) is 8.41. The fraction of sp³-hybridized carbons (Fsp3) is 0.257. The van der Waals surface area contributed by atoms with Gasteiger partial charge in [0.15, 0.2) is 24.1 Å². The molecule has 0 saturated carbocycles. The number of carbonyl (C=O) groups is 3. The number of hydrogen-bond donors (Lipinski definition) is 0. The van der Waals surface area contributed by atoms with E-state index in [1.807, 2.05) is 20.8 Å². The first kappa shape index (κ1) is 31.8. The molecule has 4 atom stereocenters. The maximum atomic E-state index is 13.5. The predicted molar refractivity (Wildman–Crippen MR) is 173 cm³/mol. The van der Waals surface area contributed by atoms with Gasteiger partial charge < -0.3 is 23.5 Å². The van der Waals surface area contributed by atoms with E-state index in [2.05, 4.69) is 9.97 Å². The molecule has 1 aliphatic rings. The number of ether oxygens (including phenoxy) is 4. The number of imidazole rings is 1. The van der Waals surface area contributed by atoms with Crippen LogP contribution < -0.4 is 0 Å². The third-order valence-electron chi connectivity index (χ3n) is 7.93. The molecule has 2 aromatic heterocycles. The molecule has 0 amide bonds. The highest BCUT2D eigenvalue weighted by atomic mass is 32.1. The lowest BCUT2D eigenvalue weighted by molar-refractivity contribution is -0.0606. The summed E-state index contributed by atoms with van der Waals surface area (Å²) in [4.78, 5) is 49.0. The van der Waals surface area contributed by atoms with Gasteiger partial charge in [0.05, 0.1) is 29.3 Å². The molecule has 5 aromatic rings. The molecule has 0 spiro atoms. The number of rotatable bonds is 8. The Bertz CT molecular complexity index is 2000. The molecule has 6 rings (SSSR count). The second-order valence-electron chi connectivity index (χ2n) is 11.5. The van der Waals surface area contributed by atoms with Crippen molar-refractivity contribution in [2.45, 2.75) is 45.3 Å². The Morgan fingerprint density at radius 3 is 1.74 bits per heavy atom. The summed E-state index contributed by atoms with van der Waals surface area (Å²) in [6.45, 7) is 5.41. The van der Waals surface area contributed by atoms with E-state index in [1.165, 1.54) is 6.33 Å². The van der Waals surface area contributed by atoms with E-state index in [4.69, 9.17) is 31.2 Å². The fourth-order valence-electron chi connectivity index (χ4n) is 5.21. The van der Waals surface area contributed by atoms with Gasteiger partial charge in [-0.15, -0.1) is 0 Å². The van der Waals surface area contributed by atoms with Crippen molar-refractivity contribution in [2.75, 3.05) is 6.61 Å². The lowest BCUT2D eigenvalue weighted by Crippen LogP contribution is -2.41. The van der Waals surface area contributed by atoms with Crippen LogP contribution in [0.3, 0.4) is 0 Å². The lowest BCUT2D eigenvalue weighted by atomic mass is 10.1. The van der Waals surface area contributed by atoms with Gasteiger partial charge in [-0.05, 0) is 57.2 Å². The van der Waals surface area contributed by atoms with Crippen molar-refractivity contribution in [1.82, 2.24) is 19.1 Å². The third kappa shape index (κ3) is 6.69. The Morgan fingerprint density at radius 1 is 0.723 bits per heavy atom. The van der Waals surface area contributed by atoms with Crippen LogP contribution in [0.5, 0.6) is 0 Å². The summed E-state index contributed by atoms with van der Waals surface area (Å²) in [5.74, 6) is -1.92. The molecule has 3 aromatic carbocycles. The van der Waals surface area contributed by atoms with Crippen molar-refractivity contribution in [1.29, 1.82) is 0 Å². The van der Waals surface area contributed by atoms with E-state index >= 15 is 0 Å². The van der Waals surface area contributed by atoms with Crippen LogP contribution in [0.4, 0.5) is 0 Å². The van der Waals surface area contributed by atoms with Crippen LogP contribution in [0.25, 0.3) is 11.2 Å². The Kier molecular flexibility index (Phi) is 8.97. The SMILES string of the molecule is Cc1ccc(C(=O)OC[C@@H]2O[C@H](n3cnc4c(=S)n(C)cnc43)[C@@H](OC(=O)c3ccc(C)cc3)[C@@H]2OC(=O)c2ccc(C)cc2)cc1. The molecule has 3 heterocycles. The minimum absolute atomic E-state index is 0.288. The van der Waals surface area contributed by atoms with Crippen LogP contribution in [0.2, 0.25) is 0 Å². The number of nitrogens with zero attached hydrogens (tertiary/aromatic N) is 4. The quantitative estimate of drug-likeness (QED) is 0.118. The highest BCUT2D eigenvalue weighted by Gasteiger charge is 2.52. The molecular weight excluding hydrogens is 620 g/mol. The van der Waals surface area contributed by atoms with Gasteiger partial charge in [-0.3, -0.25) is 4.57 Å². The number of esters is 3. The van der Waals surface area contributed by atoms with Crippen molar-refractivity contribution in [3.05, 3.63) is 123 Å². The highest BCUT2D eigenvalue weighted by molar-refractivity contribution is 7.71. The zero-order valence-corrected chi connectivity index (χ0v) is 27.0. The molecule has 1 aliphatic heterocycles. The van der Waals surface area contributed by atoms with Gasteiger partial charge in [0.1, 0.15) is 22.9 Å². The van der Waals surface area contributed by atoms with E-state index in [0.717, 1.165) is 16.7 Å². The predicted octanol–water partition coefficient (Wildman–Crippen LogP) is 5.63. The summed E-state index contributed by atoms with van der Waals surface area (Å²) < 4.78 is 27.9. The van der Waals surface area contributed by atoms with Crippen LogP contribution in [-0.4, -0.2) is 61.9 Å². The van der Waals surface area contributed by atoms with Gasteiger partial charge in [0.2, 0.25) is 0 Å². The molecule has 240 valence electrons. The van der Waals surface area contributed by atoms with E-state index in [-0.39, 0.29) is 12.2 Å². The summed E-state index contributed by atoms with van der Waals surface area (Å²) in [5, 5.41) is 0. The largest absolute Gasteiger partial charge is 0.459 e. The zero-order valence-electron chi connectivity index (χ0n) is 26.2. The van der Waals surface area contributed by atoms with Gasteiger partial charge >= 0.3 is 17.9 Å². The molecule has 0 aliphatic carbocycles. The lowest BCUT2D eigenvalue weighted by Gasteiger charge is -2.25. The van der Waals surface area contributed by atoms with E-state index in [9.17, 15) is 14.4 Å². The van der Waals surface area contributed by atoms with Crippen molar-refractivity contribution in [2.24, 2.45) is 7.05 Å². The molecule has 0 radical (unpaired) electrons. The van der Waals surface area contributed by atoms with E-state index in [0.29, 0.717) is 26.9 Å². The number of fused-ring (bicyclic) bond motifs is 1. The molecule has 12 heteroatoms. The maximum absolute atomic E-state index is 13.5. The van der Waals surface area contributed by atoms with Crippen LogP contribution in [0.1, 0.15) is 54.0 Å². The molecule has 1 saturated heterocycles. The van der Waals surface area contributed by atoms with Crippen LogP contribution in [0, 0.1) is 25.4 Å². The maximum Gasteiger partial charge on any atom is 0.338 e. The number of aryl methyl sites for hydroxylation is 4. The summed E-state index contributed by atoms with van der Waals surface area (Å²) in [7, 11) is 1.75. The monoisotopic (exact) mass is 652 g/mol. The van der Waals surface area contributed by atoms with Gasteiger partial charge in [0.25, 0.3) is 0 Å². The second kappa shape index (κ2) is 13.3. The average molecular weight is 653 g/mol. The molecule has 0 unspecified atom stereocenters. The van der Waals surface area contributed by atoms with Crippen molar-refractivity contribution in [3.63, 3.8) is 0 Å². The normalized spacial score (nSPS) is 19.0. The van der Waals surface area contributed by atoms with Gasteiger partial charge in [-0.1, -0.05) is 65.3 Å². The number of aromatic nitrogens is 4. The van der Waals surface area contributed by atoms with Crippen molar-refractivity contribution in [3.8, 4) is 0 Å². The van der Waals surface area contributed by atoms with Gasteiger partial charge in [0, 0.05) is 7.05 Å². The molecule has 0 N–H and O–H groups in total. The Hall–Kier alpha value is -5.20. The molecule has 11 nitrogen and oxygen atoms in total. The molecule has 0 bridgehead atoms. The Labute approximate surface area is 275 Å². The Morgan fingerprint density at radius 2 is 1.21 bits per heavy atom. The standard InChI is InChI=1S/C35H32N4O7S/c1-20-5-11-23(12-6-20)33(40)43-17-26-28(45-34(41)24-13-7-21(2)8-14-24)29(46-35(42)25-15-9-22(3)10-16-25)31(44-26)39-19-36-27-30(39)37-18-38(4)32(27)47/h5-16,18-19,26,28-29,31H,17H2,1-4H3/t26-,28+,29-,31-/m0/s1. The smallest absolute Gasteiger partial charge is 0.338 e. The fourth-order valence-corrected chi connectivity index (χ4v) is 5.40. The Balaban J connectivity index is 1.38. The first-order valence-corrected chi connectivity index (χ1v) is 15.3. The number of carbonyl (C=O) groups excluding carboxylic acids is 3. The summed E-state index contributed by atoms with van der Waals surface area (Å²) in [6, 6.07) is 20.7. The number of benzene rings is 3. The second-order valence-corrected chi connectivity index (χ2v) is 11.9. The summed E-state index contributed by atoms with van der Waals surface area (Å²) in [5.41, 5.74) is 4.64. The first-order valence-electron chi connectivity index (χ1n) is 14.9. The molecule has 47 heavy (non-hydrogen) atoms.